The van der Waals surface area contributed by atoms with Gasteiger partial charge in [0.25, 0.3) is 5.91 Å². The molecule has 1 aromatic rings. The molecular weight excluding hydrogens is 465 g/mol. The second-order valence-corrected chi connectivity index (χ2v) is 9.71. The van der Waals surface area contributed by atoms with Gasteiger partial charge in [0.05, 0.1) is 24.3 Å². The van der Waals surface area contributed by atoms with Crippen LogP contribution in [-0.4, -0.2) is 93.7 Å². The van der Waals surface area contributed by atoms with E-state index in [0.29, 0.717) is 23.9 Å². The lowest BCUT2D eigenvalue weighted by Gasteiger charge is -2.26. The molecule has 0 bridgehead atoms. The SMILES string of the molecule is CS(=O)(=O)N1CCCc2sc(C(=O)NCCN3CCOCC3)nc21.O=C(O)C(F)(F)F. The van der Waals surface area contributed by atoms with Crippen molar-refractivity contribution in [1.29, 1.82) is 0 Å². The van der Waals surface area contributed by atoms with Crippen molar-refractivity contribution in [2.75, 3.05) is 56.5 Å². The van der Waals surface area contributed by atoms with E-state index in [1.54, 1.807) is 0 Å². The number of rotatable bonds is 5. The topological polar surface area (TPSA) is 129 Å². The number of aromatic nitrogens is 1. The van der Waals surface area contributed by atoms with Crippen LogP contribution < -0.4 is 9.62 Å². The normalized spacial score (nSPS) is 17.4. The number of alkyl halides is 3. The molecule has 2 N–H and O–H groups in total. The van der Waals surface area contributed by atoms with Gasteiger partial charge >= 0.3 is 12.1 Å². The number of carbonyl (C=O) groups excluding carboxylic acids is 1. The van der Waals surface area contributed by atoms with Crippen molar-refractivity contribution in [1.82, 2.24) is 15.2 Å². The van der Waals surface area contributed by atoms with E-state index in [1.807, 2.05) is 0 Å². The van der Waals surface area contributed by atoms with E-state index in [-0.39, 0.29) is 5.91 Å². The molecule has 1 fully saturated rings. The van der Waals surface area contributed by atoms with E-state index in [9.17, 15) is 26.4 Å². The third-order valence-electron chi connectivity index (χ3n) is 4.33. The lowest BCUT2D eigenvalue weighted by molar-refractivity contribution is -0.192. The van der Waals surface area contributed by atoms with E-state index in [4.69, 9.17) is 14.6 Å². The fourth-order valence-electron chi connectivity index (χ4n) is 2.84. The summed E-state index contributed by atoms with van der Waals surface area (Å²) in [6, 6.07) is 0. The maximum atomic E-state index is 12.3. The number of morpholine rings is 1. The van der Waals surface area contributed by atoms with Crippen molar-refractivity contribution < 1.29 is 41.0 Å². The average Bonchev–Trinajstić information content (AvgIpc) is 3.12. The van der Waals surface area contributed by atoms with Crippen LogP contribution in [0.1, 0.15) is 21.1 Å². The van der Waals surface area contributed by atoms with Crippen LogP contribution in [0, 0.1) is 0 Å². The second-order valence-electron chi connectivity index (χ2n) is 6.72. The number of aliphatic carboxylic acids is 1. The third kappa shape index (κ3) is 7.59. The molecule has 1 amide bonds. The summed E-state index contributed by atoms with van der Waals surface area (Å²) < 4.78 is 62.0. The number of ether oxygens (including phenoxy) is 1. The Morgan fingerprint density at radius 3 is 2.42 bits per heavy atom. The lowest BCUT2D eigenvalue weighted by Crippen LogP contribution is -2.41. The van der Waals surface area contributed by atoms with Crippen LogP contribution in [-0.2, 0) is 26.0 Å². The first kappa shape index (κ1) is 25.3. The number of carbonyl (C=O) groups is 2. The second kappa shape index (κ2) is 10.6. The molecule has 176 valence electrons. The lowest BCUT2D eigenvalue weighted by atomic mass is 10.2. The van der Waals surface area contributed by atoms with Crippen molar-refractivity contribution >= 4 is 39.1 Å². The van der Waals surface area contributed by atoms with E-state index in [0.717, 1.165) is 50.6 Å². The summed E-state index contributed by atoms with van der Waals surface area (Å²) >= 11 is 1.29. The van der Waals surface area contributed by atoms with Crippen LogP contribution in [0.4, 0.5) is 19.0 Å². The molecule has 0 aromatic carbocycles. The van der Waals surface area contributed by atoms with Gasteiger partial charge in [0.2, 0.25) is 10.0 Å². The number of sulfonamides is 1. The Labute approximate surface area is 181 Å². The first-order chi connectivity index (χ1) is 14.4. The zero-order valence-corrected chi connectivity index (χ0v) is 18.3. The molecule has 0 spiro atoms. The monoisotopic (exact) mass is 488 g/mol. The van der Waals surface area contributed by atoms with Crippen molar-refractivity contribution in [3.8, 4) is 0 Å². The van der Waals surface area contributed by atoms with E-state index in [1.165, 1.54) is 21.9 Å². The van der Waals surface area contributed by atoms with Crippen molar-refractivity contribution in [3.05, 3.63) is 9.88 Å². The van der Waals surface area contributed by atoms with Crippen LogP contribution in [0.2, 0.25) is 0 Å². The number of aryl methyl sites for hydroxylation is 1. The summed E-state index contributed by atoms with van der Waals surface area (Å²) in [5, 5.41) is 10.3. The number of thiazole rings is 1. The largest absolute Gasteiger partial charge is 0.490 e. The summed E-state index contributed by atoms with van der Waals surface area (Å²) in [5.74, 6) is -2.57. The summed E-state index contributed by atoms with van der Waals surface area (Å²) in [5.41, 5.74) is 0. The van der Waals surface area contributed by atoms with Crippen LogP contribution in [0.15, 0.2) is 0 Å². The molecule has 10 nitrogen and oxygen atoms in total. The van der Waals surface area contributed by atoms with Crippen LogP contribution in [0.25, 0.3) is 0 Å². The van der Waals surface area contributed by atoms with Gasteiger partial charge < -0.3 is 15.2 Å². The molecular formula is C16H23F3N4O6S2. The van der Waals surface area contributed by atoms with Crippen molar-refractivity contribution in [3.63, 3.8) is 0 Å². The van der Waals surface area contributed by atoms with E-state index < -0.39 is 22.2 Å². The molecule has 0 atom stereocenters. The van der Waals surface area contributed by atoms with Crippen molar-refractivity contribution in [2.24, 2.45) is 0 Å². The molecule has 1 saturated heterocycles. The third-order valence-corrected chi connectivity index (χ3v) is 6.59. The summed E-state index contributed by atoms with van der Waals surface area (Å²) in [7, 11) is -3.36. The Bertz CT molecular complexity index is 884. The number of carboxylic acids is 1. The Balaban J connectivity index is 0.000000423. The van der Waals surface area contributed by atoms with Gasteiger partial charge in [0.15, 0.2) is 10.8 Å². The number of hydrogen-bond acceptors (Lipinski definition) is 8. The minimum atomic E-state index is -5.08. The van der Waals surface area contributed by atoms with Crippen LogP contribution >= 0.6 is 11.3 Å². The van der Waals surface area contributed by atoms with Gasteiger partial charge in [-0.2, -0.15) is 13.2 Å². The highest BCUT2D eigenvalue weighted by molar-refractivity contribution is 7.92. The summed E-state index contributed by atoms with van der Waals surface area (Å²) in [6.45, 7) is 4.96. The maximum Gasteiger partial charge on any atom is 0.490 e. The summed E-state index contributed by atoms with van der Waals surface area (Å²) in [6.07, 6.45) is -2.40. The van der Waals surface area contributed by atoms with Gasteiger partial charge in [-0.05, 0) is 12.8 Å². The standard InChI is InChI=1S/C14H22N4O4S2.C2HF3O2/c1-24(20,21)18-5-2-3-11-12(18)16-14(23-11)13(19)15-4-6-17-7-9-22-10-8-17;3-2(4,5)1(6)7/h2-10H2,1H3,(H,15,19);(H,6,7). The highest BCUT2D eigenvalue weighted by atomic mass is 32.2. The predicted octanol–water partition coefficient (Wildman–Crippen LogP) is 0.551. The van der Waals surface area contributed by atoms with Crippen molar-refractivity contribution in [2.45, 2.75) is 19.0 Å². The van der Waals surface area contributed by atoms with E-state index >= 15 is 0 Å². The van der Waals surface area contributed by atoms with Gasteiger partial charge in [0.1, 0.15) is 0 Å². The molecule has 0 unspecified atom stereocenters. The fourth-order valence-corrected chi connectivity index (χ4v) is 4.85. The molecule has 3 heterocycles. The van der Waals surface area contributed by atoms with Gasteiger partial charge in [-0.1, -0.05) is 0 Å². The Hall–Kier alpha value is -1.97. The quantitative estimate of drug-likeness (QED) is 0.615. The van der Waals surface area contributed by atoms with Crippen LogP contribution in [0.5, 0.6) is 0 Å². The molecule has 0 radical (unpaired) electrons. The van der Waals surface area contributed by atoms with Gasteiger partial charge in [-0.15, -0.1) is 11.3 Å². The Morgan fingerprint density at radius 2 is 1.87 bits per heavy atom. The van der Waals surface area contributed by atoms with E-state index in [2.05, 4.69) is 15.2 Å². The smallest absolute Gasteiger partial charge is 0.475 e. The van der Waals surface area contributed by atoms with Crippen LogP contribution in [0.3, 0.4) is 0 Å². The summed E-state index contributed by atoms with van der Waals surface area (Å²) in [4.78, 5) is 28.6. The number of halogens is 3. The van der Waals surface area contributed by atoms with Gasteiger partial charge in [0, 0.05) is 32.7 Å². The number of fused-ring (bicyclic) bond motifs is 1. The molecule has 0 saturated carbocycles. The number of anilines is 1. The zero-order valence-electron chi connectivity index (χ0n) is 16.6. The molecule has 3 rings (SSSR count). The van der Waals surface area contributed by atoms with Gasteiger partial charge in [-0.3, -0.25) is 14.0 Å². The Kier molecular flexibility index (Phi) is 8.62. The average molecular weight is 489 g/mol. The number of carboxylic acid groups (broad SMARTS) is 1. The molecule has 2 aliphatic rings. The molecule has 2 aliphatic heterocycles. The molecule has 1 aromatic heterocycles. The first-order valence-electron chi connectivity index (χ1n) is 9.25. The maximum absolute atomic E-state index is 12.3. The highest BCUT2D eigenvalue weighted by Gasteiger charge is 2.38. The minimum absolute atomic E-state index is 0.240. The number of hydrogen-bond donors (Lipinski definition) is 2. The number of nitrogens with zero attached hydrogens (tertiary/aromatic N) is 3. The zero-order chi connectivity index (χ0) is 23.2. The molecule has 0 aliphatic carbocycles. The highest BCUT2D eigenvalue weighted by Crippen LogP contribution is 2.33. The number of amides is 1. The van der Waals surface area contributed by atoms with Gasteiger partial charge in [-0.25, -0.2) is 18.2 Å². The molecule has 15 heteroatoms. The first-order valence-corrected chi connectivity index (χ1v) is 11.9. The molecule has 31 heavy (non-hydrogen) atoms. The predicted molar refractivity (Wildman–Crippen MR) is 106 cm³/mol. The fraction of sp³-hybridized carbons (Fsp3) is 0.688. The minimum Gasteiger partial charge on any atom is -0.475 e. The Morgan fingerprint density at radius 1 is 1.26 bits per heavy atom. The number of nitrogens with one attached hydrogen (secondary N) is 1.